The number of carbonyl (C=O) groups is 1. The number of amides is 1. The van der Waals surface area contributed by atoms with E-state index in [9.17, 15) is 4.79 Å². The number of hydrogen-bond donors (Lipinski definition) is 2. The Hall–Kier alpha value is -1.62. The molecular weight excluding hydrogens is 270 g/mol. The molecule has 2 rings (SSSR count). The zero-order valence-electron chi connectivity index (χ0n) is 8.40. The first kappa shape index (κ1) is 10.9. The Balaban J connectivity index is 1.93. The van der Waals surface area contributed by atoms with Gasteiger partial charge in [-0.15, -0.1) is 0 Å². The van der Waals surface area contributed by atoms with Gasteiger partial charge in [-0.1, -0.05) is 28.1 Å². The Morgan fingerprint density at radius 1 is 1.31 bits per heavy atom. The van der Waals surface area contributed by atoms with Gasteiger partial charge >= 0.3 is 0 Å². The number of benzene rings is 1. The number of hydrogen-bond acceptors (Lipinski definition) is 2. The van der Waals surface area contributed by atoms with Gasteiger partial charge in [0.25, 0.3) is 5.91 Å². The molecule has 0 aliphatic rings. The van der Waals surface area contributed by atoms with E-state index in [2.05, 4.69) is 31.4 Å². The van der Waals surface area contributed by atoms with Crippen molar-refractivity contribution < 1.29 is 4.79 Å². The maximum atomic E-state index is 11.6. The van der Waals surface area contributed by atoms with Crippen molar-refractivity contribution in [2.75, 3.05) is 0 Å². The molecule has 1 aromatic heterocycles. The molecule has 0 saturated carbocycles. The second-order valence-corrected chi connectivity index (χ2v) is 4.20. The van der Waals surface area contributed by atoms with E-state index < -0.39 is 0 Å². The normalized spacial score (nSPS) is 10.1. The number of rotatable bonds is 3. The molecule has 0 atom stereocenters. The number of carbonyl (C=O) groups excluding carboxylic acids is 1. The first-order chi connectivity index (χ1) is 7.75. The van der Waals surface area contributed by atoms with E-state index in [4.69, 9.17) is 0 Å². The minimum absolute atomic E-state index is 0.152. The van der Waals surface area contributed by atoms with Crippen molar-refractivity contribution in [2.24, 2.45) is 0 Å². The molecular formula is C11H10BrN3O. The van der Waals surface area contributed by atoms with Gasteiger partial charge in [-0.05, 0) is 23.8 Å². The molecule has 1 aromatic carbocycles. The molecule has 1 amide bonds. The Morgan fingerprint density at radius 2 is 2.06 bits per heavy atom. The third-order valence-electron chi connectivity index (χ3n) is 2.11. The monoisotopic (exact) mass is 279 g/mol. The summed E-state index contributed by atoms with van der Waals surface area (Å²) in [5.74, 6) is -0.152. The van der Waals surface area contributed by atoms with E-state index in [1.54, 1.807) is 12.3 Å². The van der Waals surface area contributed by atoms with Crippen molar-refractivity contribution in [3.63, 3.8) is 0 Å². The molecule has 0 spiro atoms. The van der Waals surface area contributed by atoms with Gasteiger partial charge in [0.2, 0.25) is 0 Å². The van der Waals surface area contributed by atoms with Gasteiger partial charge in [-0.2, -0.15) is 5.10 Å². The average molecular weight is 280 g/mol. The largest absolute Gasteiger partial charge is 0.347 e. The third-order valence-corrected chi connectivity index (χ3v) is 2.64. The lowest BCUT2D eigenvalue weighted by Gasteiger charge is -2.03. The first-order valence-electron chi connectivity index (χ1n) is 4.78. The van der Waals surface area contributed by atoms with Gasteiger partial charge < -0.3 is 5.32 Å². The summed E-state index contributed by atoms with van der Waals surface area (Å²) in [7, 11) is 0. The van der Waals surface area contributed by atoms with Crippen LogP contribution in [0.1, 0.15) is 16.1 Å². The second kappa shape index (κ2) is 4.94. The smallest absolute Gasteiger partial charge is 0.269 e. The molecule has 1 heterocycles. The van der Waals surface area contributed by atoms with E-state index >= 15 is 0 Å². The highest BCUT2D eigenvalue weighted by molar-refractivity contribution is 9.10. The van der Waals surface area contributed by atoms with Crippen LogP contribution in [0.4, 0.5) is 0 Å². The molecule has 2 aromatic rings. The van der Waals surface area contributed by atoms with E-state index in [0.29, 0.717) is 12.2 Å². The zero-order valence-corrected chi connectivity index (χ0v) is 9.99. The van der Waals surface area contributed by atoms with Crippen LogP contribution in [0.3, 0.4) is 0 Å². The summed E-state index contributed by atoms with van der Waals surface area (Å²) in [6, 6.07) is 9.43. The molecule has 0 aliphatic carbocycles. The molecule has 0 bridgehead atoms. The van der Waals surface area contributed by atoms with Gasteiger partial charge in [0.1, 0.15) is 5.69 Å². The van der Waals surface area contributed by atoms with Gasteiger partial charge in [0.05, 0.1) is 0 Å². The molecule has 0 fully saturated rings. The van der Waals surface area contributed by atoms with E-state index in [-0.39, 0.29) is 5.91 Å². The van der Waals surface area contributed by atoms with Crippen LogP contribution in [0.15, 0.2) is 41.0 Å². The van der Waals surface area contributed by atoms with Crippen molar-refractivity contribution in [2.45, 2.75) is 6.54 Å². The molecule has 4 nitrogen and oxygen atoms in total. The Morgan fingerprint density at radius 3 is 2.69 bits per heavy atom. The molecule has 2 N–H and O–H groups in total. The Kier molecular flexibility index (Phi) is 3.36. The predicted molar refractivity (Wildman–Crippen MR) is 63.9 cm³/mol. The van der Waals surface area contributed by atoms with Crippen molar-refractivity contribution in [1.29, 1.82) is 0 Å². The summed E-state index contributed by atoms with van der Waals surface area (Å²) in [5, 5.41) is 9.13. The fraction of sp³-hybridized carbons (Fsp3) is 0.0909. The third kappa shape index (κ3) is 2.70. The highest BCUT2D eigenvalue weighted by Crippen LogP contribution is 2.10. The summed E-state index contributed by atoms with van der Waals surface area (Å²) in [6.45, 7) is 0.505. The second-order valence-electron chi connectivity index (χ2n) is 3.28. The van der Waals surface area contributed by atoms with Crippen LogP contribution in [-0.2, 0) is 6.54 Å². The van der Waals surface area contributed by atoms with E-state index in [0.717, 1.165) is 10.0 Å². The lowest BCUT2D eigenvalue weighted by molar-refractivity contribution is 0.0946. The van der Waals surface area contributed by atoms with Gasteiger partial charge in [0.15, 0.2) is 0 Å². The molecule has 0 aliphatic heterocycles. The van der Waals surface area contributed by atoms with Crippen LogP contribution in [0.25, 0.3) is 0 Å². The minimum Gasteiger partial charge on any atom is -0.347 e. The summed E-state index contributed by atoms with van der Waals surface area (Å²) >= 11 is 3.36. The van der Waals surface area contributed by atoms with E-state index in [1.807, 2.05) is 24.3 Å². The topological polar surface area (TPSA) is 57.8 Å². The number of nitrogens with one attached hydrogen (secondary N) is 2. The summed E-state index contributed by atoms with van der Waals surface area (Å²) in [4.78, 5) is 11.6. The molecule has 0 unspecified atom stereocenters. The van der Waals surface area contributed by atoms with Crippen LogP contribution in [0, 0.1) is 0 Å². The Labute approximate surface area is 101 Å². The summed E-state index contributed by atoms with van der Waals surface area (Å²) in [6.07, 6.45) is 1.55. The molecule has 0 saturated heterocycles. The van der Waals surface area contributed by atoms with Crippen LogP contribution >= 0.6 is 15.9 Å². The van der Waals surface area contributed by atoms with Crippen molar-refractivity contribution >= 4 is 21.8 Å². The summed E-state index contributed by atoms with van der Waals surface area (Å²) in [5.41, 5.74) is 1.52. The van der Waals surface area contributed by atoms with E-state index in [1.165, 1.54) is 0 Å². The van der Waals surface area contributed by atoms with Crippen LogP contribution in [-0.4, -0.2) is 16.1 Å². The van der Waals surface area contributed by atoms with Crippen molar-refractivity contribution in [1.82, 2.24) is 15.5 Å². The number of halogens is 1. The zero-order chi connectivity index (χ0) is 11.4. The van der Waals surface area contributed by atoms with Crippen LogP contribution in [0.5, 0.6) is 0 Å². The average Bonchev–Trinajstić information content (AvgIpc) is 2.81. The number of nitrogens with zero attached hydrogens (tertiary/aromatic N) is 1. The number of aromatic amines is 1. The number of aromatic nitrogens is 2. The maximum absolute atomic E-state index is 11.6. The standard InChI is InChI=1S/C11H10BrN3O/c12-9-3-1-8(2-4-9)7-13-11(16)10-5-6-14-15-10/h1-6H,7H2,(H,13,16)(H,14,15). The van der Waals surface area contributed by atoms with Crippen LogP contribution < -0.4 is 5.32 Å². The summed E-state index contributed by atoms with van der Waals surface area (Å²) < 4.78 is 1.02. The molecule has 16 heavy (non-hydrogen) atoms. The lowest BCUT2D eigenvalue weighted by atomic mass is 10.2. The highest BCUT2D eigenvalue weighted by Gasteiger charge is 2.05. The van der Waals surface area contributed by atoms with Crippen LogP contribution in [0.2, 0.25) is 0 Å². The SMILES string of the molecule is O=C(NCc1ccc(Br)cc1)c1ccn[nH]1. The van der Waals surface area contributed by atoms with Gasteiger partial charge in [-0.3, -0.25) is 9.89 Å². The molecule has 82 valence electrons. The Bertz CT molecular complexity index is 464. The van der Waals surface area contributed by atoms with Gasteiger partial charge in [0, 0.05) is 17.2 Å². The minimum atomic E-state index is -0.152. The van der Waals surface area contributed by atoms with Crippen molar-refractivity contribution in [3.05, 3.63) is 52.3 Å². The van der Waals surface area contributed by atoms with Gasteiger partial charge in [-0.25, -0.2) is 0 Å². The predicted octanol–water partition coefficient (Wildman–Crippen LogP) is 2.10. The fourth-order valence-corrected chi connectivity index (χ4v) is 1.53. The highest BCUT2D eigenvalue weighted by atomic mass is 79.9. The number of H-pyrrole nitrogens is 1. The quantitative estimate of drug-likeness (QED) is 0.904. The van der Waals surface area contributed by atoms with Crippen molar-refractivity contribution in [3.8, 4) is 0 Å². The first-order valence-corrected chi connectivity index (χ1v) is 5.57. The maximum Gasteiger partial charge on any atom is 0.269 e. The fourth-order valence-electron chi connectivity index (χ4n) is 1.26. The molecule has 0 radical (unpaired) electrons. The molecule has 5 heteroatoms. The lowest BCUT2D eigenvalue weighted by Crippen LogP contribution is -2.23.